The van der Waals surface area contributed by atoms with E-state index in [0.29, 0.717) is 10.8 Å². The van der Waals surface area contributed by atoms with Gasteiger partial charge in [0.1, 0.15) is 0 Å². The molecule has 0 bridgehead atoms. The van der Waals surface area contributed by atoms with Crippen LogP contribution in [-0.4, -0.2) is 0 Å². The van der Waals surface area contributed by atoms with Crippen LogP contribution >= 0.6 is 0 Å². The van der Waals surface area contributed by atoms with Gasteiger partial charge in [-0.1, -0.05) is 124 Å². The molecule has 0 aliphatic carbocycles. The third-order valence-corrected chi connectivity index (χ3v) is 3.17. The standard InChI is InChI=1S/C13H13N.C6H14.C5H12.C2H6/c1-3-7-12(8-4-1)11-14-13-9-5-2-6-10-13;1-5-6(2,3)4;1-5(2,3)4;1-2/h1-10,14H,11H2;5H2,1-4H3;1-4H3;1-2H3. The number of benzene rings is 2. The fourth-order valence-electron chi connectivity index (χ4n) is 1.36. The maximum absolute atomic E-state index is 3.36. The van der Waals surface area contributed by atoms with Crippen LogP contribution in [0.2, 0.25) is 0 Å². The molecule has 2 rings (SSSR count). The number of anilines is 1. The van der Waals surface area contributed by atoms with Gasteiger partial charge in [-0.2, -0.15) is 0 Å². The number of hydrogen-bond donors (Lipinski definition) is 1. The molecule has 0 saturated heterocycles. The molecule has 0 unspecified atom stereocenters. The highest BCUT2D eigenvalue weighted by molar-refractivity contribution is 5.43. The molecule has 154 valence electrons. The summed E-state index contributed by atoms with van der Waals surface area (Å²) >= 11 is 0. The largest absolute Gasteiger partial charge is 0.381 e. The Hall–Kier alpha value is -1.76. The second kappa shape index (κ2) is 15.3. The van der Waals surface area contributed by atoms with E-state index in [9.17, 15) is 0 Å². The summed E-state index contributed by atoms with van der Waals surface area (Å²) in [5.41, 5.74) is 3.51. The van der Waals surface area contributed by atoms with Crippen LogP contribution in [-0.2, 0) is 6.54 Å². The van der Waals surface area contributed by atoms with Gasteiger partial charge < -0.3 is 5.32 Å². The lowest BCUT2D eigenvalue weighted by atomic mass is 9.94. The summed E-state index contributed by atoms with van der Waals surface area (Å²) in [4.78, 5) is 0. The molecule has 1 heteroatoms. The van der Waals surface area contributed by atoms with Gasteiger partial charge in [0, 0.05) is 12.2 Å². The van der Waals surface area contributed by atoms with E-state index in [4.69, 9.17) is 0 Å². The molecule has 2 aromatic carbocycles. The molecule has 2 aromatic rings. The molecule has 0 aliphatic rings. The van der Waals surface area contributed by atoms with Crippen molar-refractivity contribution < 1.29 is 0 Å². The van der Waals surface area contributed by atoms with Crippen LogP contribution in [0.3, 0.4) is 0 Å². The van der Waals surface area contributed by atoms with E-state index >= 15 is 0 Å². The summed E-state index contributed by atoms with van der Waals surface area (Å²) in [5, 5.41) is 3.36. The van der Waals surface area contributed by atoms with Crippen molar-refractivity contribution in [3.05, 3.63) is 66.2 Å². The van der Waals surface area contributed by atoms with E-state index in [1.165, 1.54) is 12.0 Å². The van der Waals surface area contributed by atoms with Crippen molar-refractivity contribution in [2.24, 2.45) is 10.8 Å². The summed E-state index contributed by atoms with van der Waals surface area (Å²) in [7, 11) is 0. The van der Waals surface area contributed by atoms with Crippen molar-refractivity contribution in [3.63, 3.8) is 0 Å². The van der Waals surface area contributed by atoms with E-state index in [0.717, 1.165) is 12.2 Å². The second-order valence-corrected chi connectivity index (χ2v) is 9.12. The van der Waals surface area contributed by atoms with Crippen molar-refractivity contribution in [2.45, 2.75) is 82.2 Å². The molecule has 1 N–H and O–H groups in total. The summed E-state index contributed by atoms with van der Waals surface area (Å²) in [6, 6.07) is 20.6. The van der Waals surface area contributed by atoms with Crippen LogP contribution in [0.25, 0.3) is 0 Å². The summed E-state index contributed by atoms with van der Waals surface area (Å²) in [5.74, 6) is 0. The van der Waals surface area contributed by atoms with Crippen molar-refractivity contribution in [1.82, 2.24) is 0 Å². The molecule has 0 aliphatic heterocycles. The number of rotatable bonds is 3. The molecule has 0 aromatic heterocycles. The maximum atomic E-state index is 3.36. The highest BCUT2D eigenvalue weighted by atomic mass is 14.9. The number of hydrogen-bond acceptors (Lipinski definition) is 1. The first-order chi connectivity index (χ1) is 12.5. The molecule has 0 spiro atoms. The van der Waals surface area contributed by atoms with Crippen molar-refractivity contribution >= 4 is 5.69 Å². The lowest BCUT2D eigenvalue weighted by Gasteiger charge is -2.12. The van der Waals surface area contributed by atoms with Gasteiger partial charge in [-0.3, -0.25) is 0 Å². The van der Waals surface area contributed by atoms with Crippen LogP contribution in [0.4, 0.5) is 5.69 Å². The average Bonchev–Trinajstić information content (AvgIpc) is 2.62. The summed E-state index contributed by atoms with van der Waals surface area (Å²) in [6.07, 6.45) is 1.27. The normalized spacial score (nSPS) is 10.1. The predicted octanol–water partition coefficient (Wildman–Crippen LogP) is 8.82. The quantitative estimate of drug-likeness (QED) is 0.568. The Morgan fingerprint density at radius 1 is 0.667 bits per heavy atom. The van der Waals surface area contributed by atoms with Gasteiger partial charge in [0.05, 0.1) is 0 Å². The zero-order valence-electron chi connectivity index (χ0n) is 19.7. The van der Waals surface area contributed by atoms with E-state index in [-0.39, 0.29) is 0 Å². The third kappa shape index (κ3) is 24.2. The summed E-state index contributed by atoms with van der Waals surface area (Å²) < 4.78 is 0. The topological polar surface area (TPSA) is 12.0 Å². The van der Waals surface area contributed by atoms with Gasteiger partial charge in [0.2, 0.25) is 0 Å². The Kier molecular flexibility index (Phi) is 15.6. The monoisotopic (exact) mass is 371 g/mol. The minimum Gasteiger partial charge on any atom is -0.381 e. The lowest BCUT2D eigenvalue weighted by molar-refractivity contribution is 0.398. The fourth-order valence-corrected chi connectivity index (χ4v) is 1.36. The molecular formula is C26H45N. The first-order valence-electron chi connectivity index (χ1n) is 10.3. The van der Waals surface area contributed by atoms with Gasteiger partial charge in [-0.25, -0.2) is 0 Å². The van der Waals surface area contributed by atoms with Crippen LogP contribution in [0.1, 0.15) is 81.2 Å². The molecule has 0 radical (unpaired) electrons. The average molecular weight is 372 g/mol. The number of para-hydroxylation sites is 1. The van der Waals surface area contributed by atoms with Gasteiger partial charge in [0.25, 0.3) is 0 Å². The first kappa shape index (κ1) is 27.5. The van der Waals surface area contributed by atoms with E-state index in [1.54, 1.807) is 0 Å². The van der Waals surface area contributed by atoms with Crippen molar-refractivity contribution in [3.8, 4) is 0 Å². The van der Waals surface area contributed by atoms with Crippen LogP contribution in [0, 0.1) is 10.8 Å². The van der Waals surface area contributed by atoms with Crippen LogP contribution in [0.5, 0.6) is 0 Å². The zero-order chi connectivity index (χ0) is 21.3. The third-order valence-electron chi connectivity index (χ3n) is 3.17. The van der Waals surface area contributed by atoms with Crippen molar-refractivity contribution in [2.75, 3.05) is 5.32 Å². The predicted molar refractivity (Wildman–Crippen MR) is 126 cm³/mol. The Bertz CT molecular complexity index is 484. The van der Waals surface area contributed by atoms with Gasteiger partial charge in [-0.15, -0.1) is 0 Å². The molecule has 27 heavy (non-hydrogen) atoms. The Morgan fingerprint density at radius 3 is 1.33 bits per heavy atom. The minimum atomic E-state index is 0.500. The molecule has 1 nitrogen and oxygen atoms in total. The van der Waals surface area contributed by atoms with Gasteiger partial charge >= 0.3 is 0 Å². The molecule has 0 fully saturated rings. The fraction of sp³-hybridized carbons (Fsp3) is 0.538. The first-order valence-corrected chi connectivity index (χ1v) is 10.3. The molecule has 0 atom stereocenters. The van der Waals surface area contributed by atoms with Crippen LogP contribution in [0.15, 0.2) is 60.7 Å². The Balaban J connectivity index is 0. The maximum Gasteiger partial charge on any atom is 0.0400 e. The van der Waals surface area contributed by atoms with Crippen LogP contribution < -0.4 is 5.32 Å². The Morgan fingerprint density at radius 2 is 1.00 bits per heavy atom. The lowest BCUT2D eigenvalue weighted by Crippen LogP contribution is -2.00. The van der Waals surface area contributed by atoms with E-state index in [2.05, 4.69) is 97.1 Å². The Labute approximate surface area is 170 Å². The van der Waals surface area contributed by atoms with E-state index < -0.39 is 0 Å². The molecule has 0 saturated carbocycles. The smallest absolute Gasteiger partial charge is 0.0400 e. The number of nitrogens with one attached hydrogen (secondary N) is 1. The SMILES string of the molecule is CC.CC(C)(C)C.CCC(C)(C)C.c1ccc(CNc2ccccc2)cc1. The molecule has 0 heterocycles. The van der Waals surface area contributed by atoms with Gasteiger partial charge in [0.15, 0.2) is 0 Å². The minimum absolute atomic E-state index is 0.500. The zero-order valence-corrected chi connectivity index (χ0v) is 19.7. The second-order valence-electron chi connectivity index (χ2n) is 9.12. The van der Waals surface area contributed by atoms with E-state index in [1.807, 2.05) is 38.1 Å². The molecule has 0 amide bonds. The van der Waals surface area contributed by atoms with Gasteiger partial charge in [-0.05, 0) is 28.5 Å². The highest BCUT2D eigenvalue weighted by Gasteiger charge is 2.03. The molecular weight excluding hydrogens is 326 g/mol. The summed E-state index contributed by atoms with van der Waals surface area (Å²) in [6.45, 7) is 22.6. The van der Waals surface area contributed by atoms with Crippen molar-refractivity contribution in [1.29, 1.82) is 0 Å². The highest BCUT2D eigenvalue weighted by Crippen LogP contribution is 2.16.